The van der Waals surface area contributed by atoms with Gasteiger partial charge in [-0.3, -0.25) is 4.79 Å². The van der Waals surface area contributed by atoms with E-state index in [1.54, 1.807) is 36.4 Å². The molecule has 28 heavy (non-hydrogen) atoms. The van der Waals surface area contributed by atoms with Crippen molar-refractivity contribution in [3.63, 3.8) is 0 Å². The summed E-state index contributed by atoms with van der Waals surface area (Å²) in [5, 5.41) is 4.14. The summed E-state index contributed by atoms with van der Waals surface area (Å²) in [4.78, 5) is 16.9. The van der Waals surface area contributed by atoms with E-state index in [4.69, 9.17) is 27.6 Å². The molecule has 4 nitrogen and oxygen atoms in total. The van der Waals surface area contributed by atoms with E-state index in [9.17, 15) is 9.18 Å². The fourth-order valence-electron chi connectivity index (χ4n) is 2.50. The van der Waals surface area contributed by atoms with Gasteiger partial charge in [-0.1, -0.05) is 23.2 Å². The molecular formula is C20H11Cl2FN2O2S. The minimum absolute atomic E-state index is 0.287. The highest BCUT2D eigenvalue weighted by atomic mass is 35.5. The second-order valence-corrected chi connectivity index (χ2v) is 7.66. The Bertz CT molecular complexity index is 1120. The lowest BCUT2D eigenvalue weighted by Gasteiger charge is -2.01. The van der Waals surface area contributed by atoms with Gasteiger partial charge in [0.2, 0.25) is 0 Å². The first-order valence-corrected chi connectivity index (χ1v) is 9.65. The number of aliphatic imine (C=N–C) groups is 1. The van der Waals surface area contributed by atoms with Crippen LogP contribution < -0.4 is 5.32 Å². The Balaban J connectivity index is 1.56. The third kappa shape index (κ3) is 4.14. The Morgan fingerprint density at radius 3 is 2.64 bits per heavy atom. The Labute approximate surface area is 174 Å². The van der Waals surface area contributed by atoms with E-state index in [1.807, 2.05) is 0 Å². The summed E-state index contributed by atoms with van der Waals surface area (Å²) >= 11 is 13.4. The summed E-state index contributed by atoms with van der Waals surface area (Å²) in [7, 11) is 0. The number of halogens is 3. The van der Waals surface area contributed by atoms with Gasteiger partial charge >= 0.3 is 0 Å². The molecule has 0 aliphatic carbocycles. The molecule has 1 amide bonds. The van der Waals surface area contributed by atoms with Crippen molar-refractivity contribution in [1.82, 2.24) is 5.32 Å². The van der Waals surface area contributed by atoms with E-state index in [0.717, 1.165) is 0 Å². The lowest BCUT2D eigenvalue weighted by Crippen LogP contribution is -2.19. The van der Waals surface area contributed by atoms with E-state index in [1.165, 1.54) is 36.0 Å². The zero-order valence-corrected chi connectivity index (χ0v) is 16.4. The zero-order chi connectivity index (χ0) is 19.7. The van der Waals surface area contributed by atoms with Crippen LogP contribution in [0.3, 0.4) is 0 Å². The van der Waals surface area contributed by atoms with Crippen molar-refractivity contribution in [3.05, 3.63) is 81.1 Å². The topological polar surface area (TPSA) is 54.6 Å². The monoisotopic (exact) mass is 432 g/mol. The number of thioether (sulfide) groups is 1. The first-order chi connectivity index (χ1) is 13.5. The molecule has 0 bridgehead atoms. The molecule has 0 atom stereocenters. The number of amides is 1. The van der Waals surface area contributed by atoms with Gasteiger partial charge in [0.05, 0.1) is 15.6 Å². The van der Waals surface area contributed by atoms with Crippen LogP contribution >= 0.6 is 35.0 Å². The highest BCUT2D eigenvalue weighted by Gasteiger charge is 2.24. The number of nitrogens with one attached hydrogen (secondary N) is 1. The maximum atomic E-state index is 13.0. The molecule has 1 aliphatic heterocycles. The van der Waals surface area contributed by atoms with Gasteiger partial charge in [0.1, 0.15) is 17.3 Å². The molecule has 0 spiro atoms. The van der Waals surface area contributed by atoms with Crippen molar-refractivity contribution in [3.8, 4) is 11.3 Å². The standard InChI is InChI=1S/C20H11Cl2FN2O2S/c21-11-1-7-16(22)15(9-11)17-8-6-14(27-17)10-18-19(26)25-20(28-18)24-13-4-2-12(23)3-5-13/h1-10H,(H,24,25,26)/b18-10+. The fraction of sp³-hybridized carbons (Fsp3) is 0. The van der Waals surface area contributed by atoms with Gasteiger partial charge in [-0.05, 0) is 66.4 Å². The predicted octanol–water partition coefficient (Wildman–Crippen LogP) is 6.28. The minimum atomic E-state index is -0.346. The molecule has 140 valence electrons. The van der Waals surface area contributed by atoms with Crippen LogP contribution in [0.25, 0.3) is 17.4 Å². The average molecular weight is 433 g/mol. The second kappa shape index (κ2) is 7.83. The van der Waals surface area contributed by atoms with Crippen LogP contribution in [0.2, 0.25) is 10.0 Å². The van der Waals surface area contributed by atoms with Gasteiger partial charge in [-0.25, -0.2) is 9.38 Å². The van der Waals surface area contributed by atoms with Crippen molar-refractivity contribution >= 4 is 57.8 Å². The number of carbonyl (C=O) groups excluding carboxylic acids is 1. The molecular weight excluding hydrogens is 422 g/mol. The van der Waals surface area contributed by atoms with E-state index < -0.39 is 0 Å². The Morgan fingerprint density at radius 2 is 1.86 bits per heavy atom. The smallest absolute Gasteiger partial charge is 0.264 e. The first kappa shape index (κ1) is 18.8. The van der Waals surface area contributed by atoms with Crippen LogP contribution in [-0.4, -0.2) is 11.1 Å². The number of nitrogens with zero attached hydrogens (tertiary/aromatic N) is 1. The van der Waals surface area contributed by atoms with Crippen molar-refractivity contribution in [2.24, 2.45) is 4.99 Å². The minimum Gasteiger partial charge on any atom is -0.457 e. The van der Waals surface area contributed by atoms with E-state index in [-0.39, 0.29) is 11.7 Å². The number of hydrogen-bond acceptors (Lipinski definition) is 4. The quantitative estimate of drug-likeness (QED) is 0.495. The zero-order valence-electron chi connectivity index (χ0n) is 14.1. The Kier molecular flexibility index (Phi) is 5.26. The summed E-state index contributed by atoms with van der Waals surface area (Å²) in [5.74, 6) is 0.403. The van der Waals surface area contributed by atoms with Gasteiger partial charge < -0.3 is 9.73 Å². The molecule has 2 aromatic carbocycles. The molecule has 1 aromatic heterocycles. The maximum Gasteiger partial charge on any atom is 0.264 e. The van der Waals surface area contributed by atoms with Crippen molar-refractivity contribution < 1.29 is 13.6 Å². The fourth-order valence-corrected chi connectivity index (χ4v) is 3.71. The van der Waals surface area contributed by atoms with E-state index in [2.05, 4.69) is 10.3 Å². The van der Waals surface area contributed by atoms with Crippen LogP contribution in [0, 0.1) is 5.82 Å². The van der Waals surface area contributed by atoms with Crippen LogP contribution in [0.15, 0.2) is 68.9 Å². The summed E-state index contributed by atoms with van der Waals surface area (Å²) in [6.07, 6.45) is 1.62. The van der Waals surface area contributed by atoms with Crippen LogP contribution in [0.4, 0.5) is 10.1 Å². The number of rotatable bonds is 3. The van der Waals surface area contributed by atoms with E-state index in [0.29, 0.717) is 42.9 Å². The van der Waals surface area contributed by atoms with Crippen molar-refractivity contribution in [2.75, 3.05) is 0 Å². The predicted molar refractivity (Wildman–Crippen MR) is 111 cm³/mol. The molecule has 2 heterocycles. The first-order valence-electron chi connectivity index (χ1n) is 8.08. The van der Waals surface area contributed by atoms with Crippen molar-refractivity contribution in [1.29, 1.82) is 0 Å². The number of amidine groups is 1. The number of furan rings is 1. The molecule has 1 aliphatic rings. The van der Waals surface area contributed by atoms with Gasteiger partial charge in [-0.2, -0.15) is 0 Å². The average Bonchev–Trinajstić information content (AvgIpc) is 3.26. The lowest BCUT2D eigenvalue weighted by atomic mass is 10.2. The van der Waals surface area contributed by atoms with Gasteiger partial charge in [0.25, 0.3) is 5.91 Å². The lowest BCUT2D eigenvalue weighted by molar-refractivity contribution is -0.115. The third-order valence-electron chi connectivity index (χ3n) is 3.80. The highest BCUT2D eigenvalue weighted by Crippen LogP contribution is 2.33. The normalized spacial score (nSPS) is 16.8. The molecule has 0 unspecified atom stereocenters. The molecule has 0 saturated carbocycles. The largest absolute Gasteiger partial charge is 0.457 e. The van der Waals surface area contributed by atoms with Gasteiger partial charge in [-0.15, -0.1) is 0 Å². The van der Waals surface area contributed by atoms with Crippen LogP contribution in [0.5, 0.6) is 0 Å². The van der Waals surface area contributed by atoms with Crippen molar-refractivity contribution in [2.45, 2.75) is 0 Å². The molecule has 8 heteroatoms. The summed E-state index contributed by atoms with van der Waals surface area (Å²) in [6, 6.07) is 14.3. The molecule has 3 aromatic rings. The van der Waals surface area contributed by atoms with Crippen LogP contribution in [0.1, 0.15) is 5.76 Å². The maximum absolute atomic E-state index is 13.0. The number of benzene rings is 2. The molecule has 1 fully saturated rings. The Morgan fingerprint density at radius 1 is 1.07 bits per heavy atom. The SMILES string of the molecule is O=C1NC(=Nc2ccc(F)cc2)S/C1=C/c1ccc(-c2cc(Cl)ccc2Cl)o1. The molecule has 0 radical (unpaired) electrons. The summed E-state index contributed by atoms with van der Waals surface area (Å²) in [6.45, 7) is 0. The Hall–Kier alpha value is -2.54. The molecule has 4 rings (SSSR count). The number of hydrogen-bond donors (Lipinski definition) is 1. The highest BCUT2D eigenvalue weighted by molar-refractivity contribution is 8.18. The number of carbonyl (C=O) groups is 1. The van der Waals surface area contributed by atoms with E-state index >= 15 is 0 Å². The van der Waals surface area contributed by atoms with Crippen LogP contribution in [-0.2, 0) is 4.79 Å². The summed E-state index contributed by atoms with van der Waals surface area (Å²) in [5.41, 5.74) is 1.21. The second-order valence-electron chi connectivity index (χ2n) is 5.78. The van der Waals surface area contributed by atoms with Gasteiger partial charge in [0, 0.05) is 16.7 Å². The third-order valence-corrected chi connectivity index (χ3v) is 5.28. The molecule has 1 N–H and O–H groups in total. The molecule has 1 saturated heterocycles. The summed E-state index contributed by atoms with van der Waals surface area (Å²) < 4.78 is 18.8. The van der Waals surface area contributed by atoms with Gasteiger partial charge in [0.15, 0.2) is 5.17 Å².